The molecule has 3 nitrogen and oxygen atoms in total. The number of nitrogens with one attached hydrogen (secondary N) is 1. The van der Waals surface area contributed by atoms with Gasteiger partial charge in [0.05, 0.1) is 0 Å². The van der Waals surface area contributed by atoms with Crippen molar-refractivity contribution in [3.63, 3.8) is 0 Å². The lowest BCUT2D eigenvalue weighted by atomic mass is 9.91. The minimum atomic E-state index is 0.276. The number of nitrogens with zero attached hydrogens (tertiary/aromatic N) is 1. The van der Waals surface area contributed by atoms with Crippen molar-refractivity contribution in [3.8, 4) is 0 Å². The molecule has 2 heterocycles. The zero-order valence-corrected chi connectivity index (χ0v) is 13.9. The first-order valence-electron chi connectivity index (χ1n) is 8.83. The number of anilines is 1. The highest BCUT2D eigenvalue weighted by Gasteiger charge is 2.30. The van der Waals surface area contributed by atoms with E-state index in [9.17, 15) is 4.79 Å². The van der Waals surface area contributed by atoms with Gasteiger partial charge in [-0.2, -0.15) is 0 Å². The van der Waals surface area contributed by atoms with Crippen LogP contribution in [0.4, 0.5) is 5.69 Å². The average Bonchev–Trinajstić information content (AvgIpc) is 2.83. The molecule has 1 aromatic carbocycles. The van der Waals surface area contributed by atoms with Crippen LogP contribution in [0.15, 0.2) is 18.2 Å². The Morgan fingerprint density at radius 2 is 2.27 bits per heavy atom. The fourth-order valence-corrected chi connectivity index (χ4v) is 3.96. The smallest absolute Gasteiger partial charge is 0.227 e. The maximum Gasteiger partial charge on any atom is 0.227 e. The van der Waals surface area contributed by atoms with Gasteiger partial charge in [0.15, 0.2) is 0 Å². The Balaban J connectivity index is 1.74. The molecular formula is C19H28N2O. The minimum Gasteiger partial charge on any atom is -0.316 e. The molecule has 22 heavy (non-hydrogen) atoms. The Morgan fingerprint density at radius 1 is 1.41 bits per heavy atom. The van der Waals surface area contributed by atoms with E-state index in [0.29, 0.717) is 12.5 Å². The average molecular weight is 300 g/mol. The topological polar surface area (TPSA) is 32.3 Å². The molecule has 0 bridgehead atoms. The summed E-state index contributed by atoms with van der Waals surface area (Å²) in [5.74, 6) is 1.04. The molecule has 0 saturated carbocycles. The first-order chi connectivity index (χ1) is 10.7. The van der Waals surface area contributed by atoms with Crippen LogP contribution in [0.1, 0.15) is 50.7 Å². The van der Waals surface area contributed by atoms with Crippen LogP contribution in [0.25, 0.3) is 0 Å². The third-order valence-electron chi connectivity index (χ3n) is 5.02. The number of piperidine rings is 1. The van der Waals surface area contributed by atoms with Crippen LogP contribution < -0.4 is 10.2 Å². The van der Waals surface area contributed by atoms with Crippen molar-refractivity contribution >= 4 is 11.6 Å². The molecule has 3 heteroatoms. The van der Waals surface area contributed by atoms with Crippen molar-refractivity contribution in [2.45, 2.75) is 58.4 Å². The van der Waals surface area contributed by atoms with Crippen molar-refractivity contribution in [2.75, 3.05) is 18.0 Å². The number of fused-ring (bicyclic) bond motifs is 1. The standard InChI is InChI=1S/C19H28N2O/c1-3-5-19(22)21-14(2)10-17-12-15(7-8-18(17)21)11-16-6-4-9-20-13-16/h7-8,12,14,16,20H,3-6,9-11,13H2,1-2H3. The Labute approximate surface area is 134 Å². The van der Waals surface area contributed by atoms with E-state index in [2.05, 4.69) is 37.4 Å². The summed E-state index contributed by atoms with van der Waals surface area (Å²) in [6.45, 7) is 6.56. The first kappa shape index (κ1) is 15.5. The molecule has 2 aliphatic rings. The second-order valence-electron chi connectivity index (χ2n) is 6.95. The lowest BCUT2D eigenvalue weighted by Gasteiger charge is -2.24. The van der Waals surface area contributed by atoms with Gasteiger partial charge < -0.3 is 10.2 Å². The molecule has 1 amide bonds. The lowest BCUT2D eigenvalue weighted by molar-refractivity contribution is -0.118. The largest absolute Gasteiger partial charge is 0.316 e. The molecule has 3 rings (SSSR count). The number of hydrogen-bond acceptors (Lipinski definition) is 2. The third-order valence-corrected chi connectivity index (χ3v) is 5.02. The number of benzene rings is 1. The molecule has 1 N–H and O–H groups in total. The summed E-state index contributed by atoms with van der Waals surface area (Å²) in [4.78, 5) is 14.4. The van der Waals surface area contributed by atoms with E-state index < -0.39 is 0 Å². The fraction of sp³-hybridized carbons (Fsp3) is 0.632. The van der Waals surface area contributed by atoms with Gasteiger partial charge in [0, 0.05) is 18.2 Å². The first-order valence-corrected chi connectivity index (χ1v) is 8.83. The zero-order chi connectivity index (χ0) is 15.5. The predicted octanol–water partition coefficient (Wildman–Crippen LogP) is 3.31. The molecule has 0 aliphatic carbocycles. The quantitative estimate of drug-likeness (QED) is 0.925. The number of carbonyl (C=O) groups excluding carboxylic acids is 1. The highest BCUT2D eigenvalue weighted by atomic mass is 16.2. The van der Waals surface area contributed by atoms with E-state index in [1.165, 1.54) is 30.5 Å². The van der Waals surface area contributed by atoms with Gasteiger partial charge >= 0.3 is 0 Å². The molecule has 0 spiro atoms. The summed E-state index contributed by atoms with van der Waals surface area (Å²) in [6, 6.07) is 7.07. The Hall–Kier alpha value is -1.35. The summed E-state index contributed by atoms with van der Waals surface area (Å²) in [7, 11) is 0. The summed E-state index contributed by atoms with van der Waals surface area (Å²) in [5.41, 5.74) is 3.94. The second-order valence-corrected chi connectivity index (χ2v) is 6.95. The van der Waals surface area contributed by atoms with Crippen molar-refractivity contribution in [2.24, 2.45) is 5.92 Å². The highest BCUT2D eigenvalue weighted by molar-refractivity contribution is 5.96. The van der Waals surface area contributed by atoms with E-state index in [4.69, 9.17) is 0 Å². The summed E-state index contributed by atoms with van der Waals surface area (Å²) >= 11 is 0. The molecule has 2 unspecified atom stereocenters. The van der Waals surface area contributed by atoms with Crippen molar-refractivity contribution in [1.29, 1.82) is 0 Å². The molecular weight excluding hydrogens is 272 g/mol. The molecule has 0 radical (unpaired) electrons. The second kappa shape index (κ2) is 6.82. The van der Waals surface area contributed by atoms with Gasteiger partial charge in [-0.05, 0) is 75.2 Å². The Bertz CT molecular complexity index is 534. The normalized spacial score (nSPS) is 24.4. The van der Waals surface area contributed by atoms with Crippen molar-refractivity contribution in [1.82, 2.24) is 5.32 Å². The zero-order valence-electron chi connectivity index (χ0n) is 13.9. The van der Waals surface area contributed by atoms with Gasteiger partial charge in [0.1, 0.15) is 0 Å². The number of amides is 1. The van der Waals surface area contributed by atoms with Gasteiger partial charge in [0.2, 0.25) is 5.91 Å². The van der Waals surface area contributed by atoms with E-state index in [0.717, 1.165) is 37.4 Å². The monoisotopic (exact) mass is 300 g/mol. The molecule has 2 aliphatic heterocycles. The summed E-state index contributed by atoms with van der Waals surface area (Å²) < 4.78 is 0. The Kier molecular flexibility index (Phi) is 4.82. The Morgan fingerprint density at radius 3 is 3.00 bits per heavy atom. The van der Waals surface area contributed by atoms with Crippen LogP contribution in [-0.4, -0.2) is 25.0 Å². The highest BCUT2D eigenvalue weighted by Crippen LogP contribution is 2.34. The van der Waals surface area contributed by atoms with Crippen LogP contribution in [0.5, 0.6) is 0 Å². The molecule has 0 aromatic heterocycles. The molecule has 1 aromatic rings. The number of rotatable bonds is 4. The van der Waals surface area contributed by atoms with E-state index in [-0.39, 0.29) is 5.91 Å². The van der Waals surface area contributed by atoms with Crippen molar-refractivity contribution in [3.05, 3.63) is 29.3 Å². The van der Waals surface area contributed by atoms with Gasteiger partial charge in [-0.25, -0.2) is 0 Å². The van der Waals surface area contributed by atoms with Crippen LogP contribution in [0, 0.1) is 5.92 Å². The number of carbonyl (C=O) groups is 1. The third kappa shape index (κ3) is 3.19. The van der Waals surface area contributed by atoms with Crippen LogP contribution >= 0.6 is 0 Å². The van der Waals surface area contributed by atoms with Gasteiger partial charge in [-0.3, -0.25) is 4.79 Å². The van der Waals surface area contributed by atoms with Gasteiger partial charge in [-0.1, -0.05) is 19.1 Å². The van der Waals surface area contributed by atoms with E-state index >= 15 is 0 Å². The fourth-order valence-electron chi connectivity index (χ4n) is 3.96. The van der Waals surface area contributed by atoms with E-state index in [1.807, 2.05) is 4.90 Å². The van der Waals surface area contributed by atoms with Crippen LogP contribution in [0.3, 0.4) is 0 Å². The summed E-state index contributed by atoms with van der Waals surface area (Å²) in [5, 5.41) is 3.50. The van der Waals surface area contributed by atoms with Gasteiger partial charge in [0.25, 0.3) is 0 Å². The lowest BCUT2D eigenvalue weighted by Crippen LogP contribution is -2.35. The van der Waals surface area contributed by atoms with Crippen LogP contribution in [0.2, 0.25) is 0 Å². The molecule has 1 saturated heterocycles. The maximum absolute atomic E-state index is 12.3. The van der Waals surface area contributed by atoms with Crippen LogP contribution in [-0.2, 0) is 17.6 Å². The van der Waals surface area contributed by atoms with Gasteiger partial charge in [-0.15, -0.1) is 0 Å². The molecule has 1 fully saturated rings. The SMILES string of the molecule is CCCC(=O)N1c2ccc(CC3CCCNC3)cc2CC1C. The molecule has 2 atom stereocenters. The maximum atomic E-state index is 12.3. The summed E-state index contributed by atoms with van der Waals surface area (Å²) in [6.07, 6.45) is 6.37. The van der Waals surface area contributed by atoms with E-state index in [1.54, 1.807) is 0 Å². The molecule has 120 valence electrons. The predicted molar refractivity (Wildman–Crippen MR) is 91.3 cm³/mol. The number of hydrogen-bond donors (Lipinski definition) is 1. The van der Waals surface area contributed by atoms with Crippen molar-refractivity contribution < 1.29 is 4.79 Å². The minimum absolute atomic E-state index is 0.276.